The van der Waals surface area contributed by atoms with Crippen LogP contribution in [0.25, 0.3) is 0 Å². The number of benzene rings is 2. The van der Waals surface area contributed by atoms with Gasteiger partial charge in [0.15, 0.2) is 0 Å². The van der Waals surface area contributed by atoms with Crippen molar-refractivity contribution in [2.24, 2.45) is 5.10 Å². The molecule has 2 aromatic rings. The van der Waals surface area contributed by atoms with E-state index >= 15 is 0 Å². The maximum Gasteiger partial charge on any atom is 0.337 e. The summed E-state index contributed by atoms with van der Waals surface area (Å²) in [6, 6.07) is 8.87. The molecule has 0 atom stereocenters. The number of hydrogen-bond donors (Lipinski definition) is 2. The van der Waals surface area contributed by atoms with Crippen molar-refractivity contribution in [1.82, 2.24) is 0 Å². The largest absolute Gasteiger partial charge is 0.478 e. The number of halogens is 2. The van der Waals surface area contributed by atoms with E-state index in [1.165, 1.54) is 24.4 Å². The first-order valence-corrected chi connectivity index (χ1v) is 7.31. The standard InChI is InChI=1S/C14H9BrClN3O4/c15-9-2-4-12(10(6-9)14(20)21)18-17-7-8-1-3-11(16)13(5-8)19(22)23/h1-7,18H,(H,20,21). The highest BCUT2D eigenvalue weighted by Gasteiger charge is 2.12. The monoisotopic (exact) mass is 397 g/mol. The molecule has 9 heteroatoms. The molecule has 118 valence electrons. The zero-order chi connectivity index (χ0) is 17.0. The summed E-state index contributed by atoms with van der Waals surface area (Å²) in [6.07, 6.45) is 1.33. The van der Waals surface area contributed by atoms with E-state index in [0.29, 0.717) is 15.7 Å². The van der Waals surface area contributed by atoms with Crippen molar-refractivity contribution >= 4 is 51.1 Å². The van der Waals surface area contributed by atoms with Crippen molar-refractivity contribution in [1.29, 1.82) is 0 Å². The first-order valence-electron chi connectivity index (χ1n) is 6.14. The molecule has 2 rings (SSSR count). The number of nitro benzene ring substituents is 1. The van der Waals surface area contributed by atoms with Crippen molar-refractivity contribution in [3.63, 3.8) is 0 Å². The molecular weight excluding hydrogens is 390 g/mol. The van der Waals surface area contributed by atoms with Crippen LogP contribution in [-0.4, -0.2) is 22.2 Å². The molecule has 0 saturated carbocycles. The molecule has 0 radical (unpaired) electrons. The van der Waals surface area contributed by atoms with Gasteiger partial charge in [0.25, 0.3) is 5.69 Å². The average molecular weight is 399 g/mol. The van der Waals surface area contributed by atoms with E-state index in [0.717, 1.165) is 0 Å². The number of aromatic carboxylic acids is 1. The van der Waals surface area contributed by atoms with Crippen molar-refractivity contribution in [3.8, 4) is 0 Å². The van der Waals surface area contributed by atoms with Crippen LogP contribution in [0.15, 0.2) is 46.0 Å². The third-order valence-electron chi connectivity index (χ3n) is 2.78. The highest BCUT2D eigenvalue weighted by Crippen LogP contribution is 2.24. The summed E-state index contributed by atoms with van der Waals surface area (Å²) in [5.74, 6) is -1.11. The zero-order valence-electron chi connectivity index (χ0n) is 11.4. The summed E-state index contributed by atoms with van der Waals surface area (Å²) in [7, 11) is 0. The lowest BCUT2D eigenvalue weighted by Gasteiger charge is -2.05. The third kappa shape index (κ3) is 4.27. The molecular formula is C14H9BrClN3O4. The Morgan fingerprint density at radius 3 is 2.74 bits per heavy atom. The smallest absolute Gasteiger partial charge is 0.337 e. The Hall–Kier alpha value is -2.45. The van der Waals surface area contributed by atoms with Crippen LogP contribution < -0.4 is 5.43 Å². The molecule has 0 heterocycles. The Morgan fingerprint density at radius 1 is 1.35 bits per heavy atom. The number of nitrogens with one attached hydrogen (secondary N) is 1. The van der Waals surface area contributed by atoms with Crippen LogP contribution in [0.5, 0.6) is 0 Å². The minimum atomic E-state index is -1.11. The Morgan fingerprint density at radius 2 is 2.09 bits per heavy atom. The molecule has 0 bridgehead atoms. The van der Waals surface area contributed by atoms with Crippen LogP contribution in [-0.2, 0) is 0 Å². The first kappa shape index (κ1) is 16.9. The predicted molar refractivity (Wildman–Crippen MR) is 90.4 cm³/mol. The van der Waals surface area contributed by atoms with E-state index in [-0.39, 0.29) is 16.3 Å². The highest BCUT2D eigenvalue weighted by molar-refractivity contribution is 9.10. The quantitative estimate of drug-likeness (QED) is 0.447. The fourth-order valence-electron chi connectivity index (χ4n) is 1.72. The van der Waals surface area contributed by atoms with Gasteiger partial charge in [0, 0.05) is 16.1 Å². The van der Waals surface area contributed by atoms with Crippen molar-refractivity contribution < 1.29 is 14.8 Å². The van der Waals surface area contributed by atoms with Gasteiger partial charge in [0.1, 0.15) is 5.02 Å². The fourth-order valence-corrected chi connectivity index (χ4v) is 2.26. The summed E-state index contributed by atoms with van der Waals surface area (Å²) in [4.78, 5) is 21.4. The lowest BCUT2D eigenvalue weighted by Crippen LogP contribution is -2.02. The highest BCUT2D eigenvalue weighted by atomic mass is 79.9. The lowest BCUT2D eigenvalue weighted by molar-refractivity contribution is -0.384. The van der Waals surface area contributed by atoms with Crippen LogP contribution in [0, 0.1) is 10.1 Å². The molecule has 0 aromatic heterocycles. The molecule has 2 aromatic carbocycles. The van der Waals surface area contributed by atoms with Crippen molar-refractivity contribution in [2.45, 2.75) is 0 Å². The van der Waals surface area contributed by atoms with Gasteiger partial charge in [-0.1, -0.05) is 33.6 Å². The SMILES string of the molecule is O=C(O)c1cc(Br)ccc1NN=Cc1ccc(Cl)c([N+](=O)[O-])c1. The maximum absolute atomic E-state index is 11.2. The van der Waals surface area contributed by atoms with Gasteiger partial charge in [-0.15, -0.1) is 0 Å². The molecule has 23 heavy (non-hydrogen) atoms. The van der Waals surface area contributed by atoms with Gasteiger partial charge in [0.2, 0.25) is 0 Å². The second-order valence-electron chi connectivity index (χ2n) is 4.33. The molecule has 0 aliphatic heterocycles. The van der Waals surface area contributed by atoms with E-state index in [2.05, 4.69) is 26.5 Å². The average Bonchev–Trinajstić information content (AvgIpc) is 2.49. The summed E-state index contributed by atoms with van der Waals surface area (Å²) >= 11 is 8.91. The van der Waals surface area contributed by atoms with Crippen LogP contribution in [0.4, 0.5) is 11.4 Å². The second-order valence-corrected chi connectivity index (χ2v) is 5.66. The second kappa shape index (κ2) is 7.21. The summed E-state index contributed by atoms with van der Waals surface area (Å²) < 4.78 is 0.623. The number of hydrazone groups is 1. The van der Waals surface area contributed by atoms with Gasteiger partial charge in [-0.05, 0) is 24.3 Å². The number of anilines is 1. The van der Waals surface area contributed by atoms with Gasteiger partial charge >= 0.3 is 5.97 Å². The molecule has 0 fully saturated rings. The van der Waals surface area contributed by atoms with Gasteiger partial charge in [-0.3, -0.25) is 15.5 Å². The molecule has 7 nitrogen and oxygen atoms in total. The Labute approximate surface area is 143 Å². The van der Waals surface area contributed by atoms with Crippen LogP contribution in [0.1, 0.15) is 15.9 Å². The van der Waals surface area contributed by atoms with E-state index in [4.69, 9.17) is 16.7 Å². The fraction of sp³-hybridized carbons (Fsp3) is 0. The topological polar surface area (TPSA) is 105 Å². The number of carbonyl (C=O) groups is 1. The van der Waals surface area contributed by atoms with Crippen molar-refractivity contribution in [2.75, 3.05) is 5.43 Å². The number of nitro groups is 1. The number of carboxylic acid groups (broad SMARTS) is 1. The van der Waals surface area contributed by atoms with E-state index in [1.54, 1.807) is 18.2 Å². The molecule has 0 aliphatic carbocycles. The third-order valence-corrected chi connectivity index (χ3v) is 3.59. The van der Waals surface area contributed by atoms with Crippen molar-refractivity contribution in [3.05, 3.63) is 67.1 Å². The van der Waals surface area contributed by atoms with Gasteiger partial charge < -0.3 is 5.11 Å². The molecule has 0 saturated heterocycles. The minimum Gasteiger partial charge on any atom is -0.478 e. The van der Waals surface area contributed by atoms with E-state index in [9.17, 15) is 14.9 Å². The number of nitrogens with zero attached hydrogens (tertiary/aromatic N) is 2. The molecule has 2 N–H and O–H groups in total. The van der Waals surface area contributed by atoms with E-state index in [1.807, 2.05) is 0 Å². The van der Waals surface area contributed by atoms with Gasteiger partial charge in [-0.2, -0.15) is 5.10 Å². The van der Waals surface area contributed by atoms with Gasteiger partial charge in [0.05, 0.1) is 22.4 Å². The molecule has 0 unspecified atom stereocenters. The minimum absolute atomic E-state index is 0.0289. The molecule has 0 aliphatic rings. The predicted octanol–water partition coefficient (Wildman–Crippen LogP) is 4.15. The number of carboxylic acids is 1. The van der Waals surface area contributed by atoms with Gasteiger partial charge in [-0.25, -0.2) is 4.79 Å². The zero-order valence-corrected chi connectivity index (χ0v) is 13.7. The molecule has 0 amide bonds. The Balaban J connectivity index is 2.21. The normalized spacial score (nSPS) is 10.7. The summed E-state index contributed by atoms with van der Waals surface area (Å²) in [5.41, 5.74) is 3.15. The number of rotatable bonds is 5. The van der Waals surface area contributed by atoms with Crippen LogP contribution in [0.3, 0.4) is 0 Å². The Bertz CT molecular complexity index is 811. The van der Waals surface area contributed by atoms with E-state index < -0.39 is 10.9 Å². The Kier molecular flexibility index (Phi) is 5.30. The first-order chi connectivity index (χ1) is 10.9. The maximum atomic E-state index is 11.2. The number of hydrogen-bond acceptors (Lipinski definition) is 5. The van der Waals surface area contributed by atoms with Crippen LogP contribution in [0.2, 0.25) is 5.02 Å². The van der Waals surface area contributed by atoms with Crippen LogP contribution >= 0.6 is 27.5 Å². The lowest BCUT2D eigenvalue weighted by atomic mass is 10.2. The summed E-state index contributed by atoms with van der Waals surface area (Å²) in [5, 5.41) is 23.9. The summed E-state index contributed by atoms with van der Waals surface area (Å²) in [6.45, 7) is 0. The molecule has 0 spiro atoms.